The molecule has 2 aliphatic rings. The second kappa shape index (κ2) is 10.6. The van der Waals surface area contributed by atoms with Crippen molar-refractivity contribution in [1.29, 1.82) is 0 Å². The highest BCUT2D eigenvalue weighted by Gasteiger charge is 2.61. The third-order valence-corrected chi connectivity index (χ3v) is 8.34. The SMILES string of the molecule is COCCOC(=O)N1C[C@@H]2CC[C@](C(=O)NO)(C1)N2S(=O)(=O)c1ccc(Oc2ccc(F)cc2)c(F)c1. The molecule has 2 fully saturated rings. The average Bonchev–Trinajstić information content (AvgIpc) is 3.14. The number of likely N-dealkylation sites (tertiary alicyclic amines) is 1. The average molecular weight is 542 g/mol. The number of hydroxylamine groups is 1. The molecular weight excluding hydrogens is 516 g/mol. The summed E-state index contributed by atoms with van der Waals surface area (Å²) in [6.07, 6.45) is -0.535. The van der Waals surface area contributed by atoms with Gasteiger partial charge in [0, 0.05) is 19.7 Å². The van der Waals surface area contributed by atoms with Gasteiger partial charge in [0.2, 0.25) is 10.0 Å². The monoisotopic (exact) mass is 541 g/mol. The number of methoxy groups -OCH3 is 1. The minimum absolute atomic E-state index is 0.0133. The van der Waals surface area contributed by atoms with Gasteiger partial charge < -0.3 is 19.1 Å². The fraction of sp³-hybridized carbons (Fsp3) is 0.391. The van der Waals surface area contributed by atoms with Gasteiger partial charge in [-0.3, -0.25) is 10.0 Å². The van der Waals surface area contributed by atoms with E-state index >= 15 is 0 Å². The summed E-state index contributed by atoms with van der Waals surface area (Å²) in [5.74, 6) is -2.68. The second-order valence-corrected chi connectivity index (χ2v) is 10.4. The van der Waals surface area contributed by atoms with E-state index in [-0.39, 0.29) is 50.6 Å². The quantitative estimate of drug-likeness (QED) is 0.295. The Morgan fingerprint density at radius 3 is 2.54 bits per heavy atom. The van der Waals surface area contributed by atoms with Gasteiger partial charge >= 0.3 is 6.09 Å². The first-order chi connectivity index (χ1) is 17.6. The van der Waals surface area contributed by atoms with E-state index in [1.54, 1.807) is 0 Å². The van der Waals surface area contributed by atoms with Crippen LogP contribution in [0.5, 0.6) is 11.5 Å². The summed E-state index contributed by atoms with van der Waals surface area (Å²) in [6.45, 7) is -0.337. The Kier molecular flexibility index (Phi) is 7.64. The Morgan fingerprint density at radius 2 is 1.89 bits per heavy atom. The number of nitrogens with zero attached hydrogens (tertiary/aromatic N) is 2. The van der Waals surface area contributed by atoms with Crippen molar-refractivity contribution in [3.8, 4) is 11.5 Å². The molecule has 2 bridgehead atoms. The van der Waals surface area contributed by atoms with Gasteiger partial charge in [-0.2, -0.15) is 4.31 Å². The van der Waals surface area contributed by atoms with E-state index in [4.69, 9.17) is 14.2 Å². The molecule has 0 aromatic heterocycles. The lowest BCUT2D eigenvalue weighted by molar-refractivity contribution is -0.141. The third kappa shape index (κ3) is 5.09. The number of rotatable bonds is 8. The maximum atomic E-state index is 14.9. The van der Waals surface area contributed by atoms with E-state index in [0.717, 1.165) is 34.6 Å². The number of hydrogen-bond donors (Lipinski definition) is 2. The lowest BCUT2D eigenvalue weighted by Crippen LogP contribution is -2.69. The fourth-order valence-electron chi connectivity index (χ4n) is 4.66. The molecule has 4 rings (SSSR count). The van der Waals surface area contributed by atoms with Crippen LogP contribution in [0.2, 0.25) is 0 Å². The van der Waals surface area contributed by atoms with Gasteiger partial charge in [0.15, 0.2) is 11.6 Å². The molecule has 2 amide bonds. The van der Waals surface area contributed by atoms with Gasteiger partial charge in [0.05, 0.1) is 18.0 Å². The molecule has 0 aliphatic carbocycles. The summed E-state index contributed by atoms with van der Waals surface area (Å²) in [7, 11) is -3.05. The summed E-state index contributed by atoms with van der Waals surface area (Å²) >= 11 is 0. The molecule has 14 heteroatoms. The van der Waals surface area contributed by atoms with Crippen molar-refractivity contribution in [1.82, 2.24) is 14.7 Å². The largest absolute Gasteiger partial charge is 0.454 e. The van der Waals surface area contributed by atoms with Gasteiger partial charge in [-0.25, -0.2) is 27.5 Å². The molecule has 200 valence electrons. The van der Waals surface area contributed by atoms with E-state index in [0.29, 0.717) is 0 Å². The molecule has 0 radical (unpaired) electrons. The zero-order valence-electron chi connectivity index (χ0n) is 19.7. The summed E-state index contributed by atoms with van der Waals surface area (Å²) in [4.78, 5) is 26.1. The van der Waals surface area contributed by atoms with E-state index in [9.17, 15) is 32.0 Å². The summed E-state index contributed by atoms with van der Waals surface area (Å²) in [5.41, 5.74) is -0.331. The van der Waals surface area contributed by atoms with Crippen LogP contribution in [-0.2, 0) is 24.3 Å². The lowest BCUT2D eigenvalue weighted by Gasteiger charge is -2.45. The number of ether oxygens (including phenoxy) is 3. The van der Waals surface area contributed by atoms with Crippen LogP contribution in [0.3, 0.4) is 0 Å². The molecule has 0 saturated carbocycles. The number of piperazine rings is 1. The van der Waals surface area contributed by atoms with E-state index in [1.165, 1.54) is 29.6 Å². The summed E-state index contributed by atoms with van der Waals surface area (Å²) in [6, 6.07) is 6.97. The van der Waals surface area contributed by atoms with Crippen molar-refractivity contribution in [2.24, 2.45) is 0 Å². The molecule has 2 aromatic rings. The number of sulfonamides is 1. The molecule has 2 saturated heterocycles. The predicted octanol–water partition coefficient (Wildman–Crippen LogP) is 2.25. The second-order valence-electron chi connectivity index (χ2n) is 8.60. The Morgan fingerprint density at radius 1 is 1.16 bits per heavy atom. The number of halogens is 2. The normalized spacial score (nSPS) is 21.5. The van der Waals surface area contributed by atoms with Crippen molar-refractivity contribution >= 4 is 22.0 Å². The van der Waals surface area contributed by atoms with Crippen LogP contribution in [-0.4, -0.2) is 79.8 Å². The highest BCUT2D eigenvalue weighted by molar-refractivity contribution is 7.89. The summed E-state index contributed by atoms with van der Waals surface area (Å²) < 4.78 is 71.6. The fourth-order valence-corrected chi connectivity index (χ4v) is 6.63. The molecule has 37 heavy (non-hydrogen) atoms. The van der Waals surface area contributed by atoms with Gasteiger partial charge in [-0.15, -0.1) is 0 Å². The van der Waals surface area contributed by atoms with Crippen LogP contribution in [0, 0.1) is 11.6 Å². The number of carbonyl (C=O) groups is 2. The zero-order chi connectivity index (χ0) is 26.8. The smallest absolute Gasteiger partial charge is 0.409 e. The van der Waals surface area contributed by atoms with E-state index in [2.05, 4.69) is 0 Å². The first kappa shape index (κ1) is 26.7. The minimum atomic E-state index is -4.48. The first-order valence-electron chi connectivity index (χ1n) is 11.2. The Bertz CT molecular complexity index is 1280. The van der Waals surface area contributed by atoms with Crippen LogP contribution in [0.25, 0.3) is 0 Å². The van der Waals surface area contributed by atoms with Crippen LogP contribution in [0.15, 0.2) is 47.4 Å². The first-order valence-corrected chi connectivity index (χ1v) is 12.7. The minimum Gasteiger partial charge on any atom is -0.454 e. The number of hydrogen-bond acceptors (Lipinski definition) is 8. The molecule has 0 spiro atoms. The van der Waals surface area contributed by atoms with Crippen LogP contribution >= 0.6 is 0 Å². The van der Waals surface area contributed by atoms with Crippen molar-refractivity contribution < 1.29 is 46.2 Å². The van der Waals surface area contributed by atoms with Gasteiger partial charge in [-0.1, -0.05) is 0 Å². The maximum absolute atomic E-state index is 14.9. The molecule has 11 nitrogen and oxygen atoms in total. The Hall–Kier alpha value is -3.33. The van der Waals surface area contributed by atoms with Gasteiger partial charge in [0.25, 0.3) is 5.91 Å². The van der Waals surface area contributed by atoms with Crippen molar-refractivity contribution in [2.75, 3.05) is 33.4 Å². The van der Waals surface area contributed by atoms with Crippen LogP contribution in [0.1, 0.15) is 12.8 Å². The molecule has 2 heterocycles. The van der Waals surface area contributed by atoms with Gasteiger partial charge in [-0.05, 0) is 55.3 Å². The molecule has 0 unspecified atom stereocenters. The summed E-state index contributed by atoms with van der Waals surface area (Å²) in [5, 5.41) is 9.42. The molecule has 2 N–H and O–H groups in total. The topological polar surface area (TPSA) is 135 Å². The number of fused-ring (bicyclic) bond motifs is 2. The van der Waals surface area contributed by atoms with Crippen molar-refractivity contribution in [3.05, 3.63) is 54.1 Å². The standard InChI is InChI=1S/C23H25F2N3O8S/c1-34-10-11-35-22(30)27-13-16-8-9-23(14-27,21(29)26-31)28(16)37(32,33)18-6-7-20(19(25)12-18)36-17-4-2-15(24)3-5-17/h2-7,12,16,31H,8-11,13-14H2,1H3,(H,26,29)/t16-,23+/m0/s1. The lowest BCUT2D eigenvalue weighted by atomic mass is 9.96. The van der Waals surface area contributed by atoms with E-state index < -0.39 is 50.1 Å². The van der Waals surface area contributed by atoms with Gasteiger partial charge in [0.1, 0.15) is 23.7 Å². The van der Waals surface area contributed by atoms with Crippen LogP contribution < -0.4 is 10.2 Å². The number of benzene rings is 2. The molecule has 2 aliphatic heterocycles. The molecule has 2 atom stereocenters. The molecule has 2 aromatic carbocycles. The van der Waals surface area contributed by atoms with Crippen molar-refractivity contribution in [2.45, 2.75) is 29.3 Å². The maximum Gasteiger partial charge on any atom is 0.409 e. The number of amides is 2. The highest BCUT2D eigenvalue weighted by atomic mass is 32.2. The predicted molar refractivity (Wildman–Crippen MR) is 122 cm³/mol. The highest BCUT2D eigenvalue weighted by Crippen LogP contribution is 2.44. The van der Waals surface area contributed by atoms with Crippen molar-refractivity contribution in [3.63, 3.8) is 0 Å². The zero-order valence-corrected chi connectivity index (χ0v) is 20.5. The van der Waals surface area contributed by atoms with Crippen LogP contribution in [0.4, 0.5) is 13.6 Å². The Labute approximate surface area is 211 Å². The molecular formula is C23H25F2N3O8S. The third-order valence-electron chi connectivity index (χ3n) is 6.33. The number of nitrogens with one attached hydrogen (secondary N) is 1. The van der Waals surface area contributed by atoms with E-state index in [1.807, 2.05) is 0 Å². The number of carbonyl (C=O) groups excluding carboxylic acids is 2. The Balaban J connectivity index is 1.62.